The van der Waals surface area contributed by atoms with Gasteiger partial charge in [-0.2, -0.15) is 0 Å². The van der Waals surface area contributed by atoms with Crippen molar-refractivity contribution in [2.24, 2.45) is 5.92 Å². The second kappa shape index (κ2) is 3.56. The van der Waals surface area contributed by atoms with Crippen molar-refractivity contribution >= 4 is 0 Å². The van der Waals surface area contributed by atoms with E-state index in [1.165, 1.54) is 0 Å². The zero-order valence-corrected chi connectivity index (χ0v) is 10.5. The van der Waals surface area contributed by atoms with Crippen LogP contribution < -0.4 is 0 Å². The Labute approximate surface area is 103 Å². The summed E-state index contributed by atoms with van der Waals surface area (Å²) in [6, 6.07) is 9.91. The van der Waals surface area contributed by atoms with Gasteiger partial charge in [-0.3, -0.25) is 0 Å². The fourth-order valence-electron chi connectivity index (χ4n) is 3.30. The third-order valence-electron chi connectivity index (χ3n) is 4.60. The molecule has 2 nitrogen and oxygen atoms in total. The van der Waals surface area contributed by atoms with Gasteiger partial charge in [-0.05, 0) is 37.7 Å². The molecular weight excluding hydrogens is 212 g/mol. The lowest BCUT2D eigenvalue weighted by atomic mass is 9.71. The van der Waals surface area contributed by atoms with Crippen LogP contribution in [-0.2, 0) is 10.3 Å². The van der Waals surface area contributed by atoms with Crippen molar-refractivity contribution in [3.05, 3.63) is 35.9 Å². The average molecular weight is 232 g/mol. The summed E-state index contributed by atoms with van der Waals surface area (Å²) >= 11 is 0. The van der Waals surface area contributed by atoms with E-state index in [1.807, 2.05) is 37.3 Å². The van der Waals surface area contributed by atoms with Gasteiger partial charge >= 0.3 is 0 Å². The lowest BCUT2D eigenvalue weighted by molar-refractivity contribution is -0.0350. The largest absolute Gasteiger partial charge is 0.382 e. The second-order valence-corrected chi connectivity index (χ2v) is 5.81. The van der Waals surface area contributed by atoms with Crippen molar-refractivity contribution < 1.29 is 9.84 Å². The van der Waals surface area contributed by atoms with Crippen LogP contribution in [0.15, 0.2) is 30.3 Å². The predicted octanol–water partition coefficient (Wildman–Crippen LogP) is 2.85. The highest BCUT2D eigenvalue weighted by Crippen LogP contribution is 2.58. The molecule has 4 atom stereocenters. The average Bonchev–Trinajstić information content (AvgIpc) is 3.05. The maximum Gasteiger partial charge on any atom is 0.127 e. The van der Waals surface area contributed by atoms with E-state index >= 15 is 0 Å². The molecule has 0 radical (unpaired) electrons. The molecule has 2 aliphatic rings. The van der Waals surface area contributed by atoms with Gasteiger partial charge in [0.2, 0.25) is 0 Å². The Morgan fingerprint density at radius 3 is 2.71 bits per heavy atom. The first-order valence-corrected chi connectivity index (χ1v) is 6.52. The smallest absolute Gasteiger partial charge is 0.127 e. The van der Waals surface area contributed by atoms with Gasteiger partial charge < -0.3 is 9.84 Å². The minimum Gasteiger partial charge on any atom is -0.382 e. The van der Waals surface area contributed by atoms with Crippen molar-refractivity contribution in [1.29, 1.82) is 0 Å². The maximum atomic E-state index is 10.9. The molecule has 3 rings (SSSR count). The predicted molar refractivity (Wildman–Crippen MR) is 66.6 cm³/mol. The van der Waals surface area contributed by atoms with E-state index in [2.05, 4.69) is 6.92 Å². The van der Waals surface area contributed by atoms with Crippen molar-refractivity contribution in [2.75, 3.05) is 0 Å². The van der Waals surface area contributed by atoms with E-state index in [-0.39, 0.29) is 11.7 Å². The minimum absolute atomic E-state index is 0.251. The highest BCUT2D eigenvalue weighted by Gasteiger charge is 2.68. The topological polar surface area (TPSA) is 32.8 Å². The van der Waals surface area contributed by atoms with Crippen LogP contribution >= 0.6 is 0 Å². The molecule has 2 fully saturated rings. The Bertz CT molecular complexity index is 412. The van der Waals surface area contributed by atoms with E-state index in [0.29, 0.717) is 0 Å². The van der Waals surface area contributed by atoms with Gasteiger partial charge in [0.1, 0.15) is 11.2 Å². The van der Waals surface area contributed by atoms with Gasteiger partial charge in [0.05, 0.1) is 6.10 Å². The van der Waals surface area contributed by atoms with E-state index in [0.717, 1.165) is 30.7 Å². The zero-order valence-electron chi connectivity index (χ0n) is 10.5. The third kappa shape index (κ3) is 1.54. The van der Waals surface area contributed by atoms with Gasteiger partial charge in [-0.15, -0.1) is 0 Å². The van der Waals surface area contributed by atoms with Crippen LogP contribution in [0, 0.1) is 5.92 Å². The number of epoxide rings is 1. The lowest BCUT2D eigenvalue weighted by Crippen LogP contribution is -2.44. The summed E-state index contributed by atoms with van der Waals surface area (Å²) in [6.07, 6.45) is 3.46. The van der Waals surface area contributed by atoms with Gasteiger partial charge in [-0.25, -0.2) is 0 Å². The first kappa shape index (κ1) is 11.2. The molecule has 0 amide bonds. The summed E-state index contributed by atoms with van der Waals surface area (Å²) in [5, 5.41) is 10.9. The van der Waals surface area contributed by atoms with Crippen molar-refractivity contribution in [3.8, 4) is 0 Å². The molecule has 0 unspecified atom stereocenters. The van der Waals surface area contributed by atoms with E-state index in [4.69, 9.17) is 4.74 Å². The Balaban J connectivity index is 1.90. The molecule has 1 saturated heterocycles. The number of benzene rings is 1. The molecule has 0 bridgehead atoms. The van der Waals surface area contributed by atoms with Gasteiger partial charge in [0.15, 0.2) is 0 Å². The molecule has 92 valence electrons. The van der Waals surface area contributed by atoms with Crippen molar-refractivity contribution in [1.82, 2.24) is 0 Å². The van der Waals surface area contributed by atoms with Gasteiger partial charge in [-0.1, -0.05) is 37.3 Å². The fraction of sp³-hybridized carbons (Fsp3) is 0.600. The van der Waals surface area contributed by atoms with Crippen LogP contribution in [0.5, 0.6) is 0 Å². The Morgan fingerprint density at radius 2 is 2.06 bits per heavy atom. The van der Waals surface area contributed by atoms with Crippen LogP contribution in [0.1, 0.15) is 38.7 Å². The quantitative estimate of drug-likeness (QED) is 0.795. The highest BCUT2D eigenvalue weighted by molar-refractivity contribution is 5.30. The summed E-state index contributed by atoms with van der Waals surface area (Å²) < 4.78 is 5.91. The number of fused-ring (bicyclic) bond motifs is 1. The molecule has 0 aromatic heterocycles. The lowest BCUT2D eigenvalue weighted by Gasteiger charge is -2.34. The van der Waals surface area contributed by atoms with Crippen LogP contribution in [-0.4, -0.2) is 16.8 Å². The number of rotatable bonds is 2. The zero-order chi connectivity index (χ0) is 12.1. The number of ether oxygens (including phenoxy) is 1. The summed E-state index contributed by atoms with van der Waals surface area (Å²) in [5.74, 6) is 0.724. The first-order valence-electron chi connectivity index (χ1n) is 6.52. The molecule has 2 heteroatoms. The van der Waals surface area contributed by atoms with Crippen molar-refractivity contribution in [3.63, 3.8) is 0 Å². The highest BCUT2D eigenvalue weighted by atomic mass is 16.6. The second-order valence-electron chi connectivity index (χ2n) is 5.81. The Hall–Kier alpha value is -0.860. The maximum absolute atomic E-state index is 10.9. The van der Waals surface area contributed by atoms with E-state index < -0.39 is 5.60 Å². The van der Waals surface area contributed by atoms with Crippen LogP contribution in [0.3, 0.4) is 0 Å². The summed E-state index contributed by atoms with van der Waals surface area (Å²) in [7, 11) is 0. The molecule has 1 aliphatic carbocycles. The molecule has 1 heterocycles. The summed E-state index contributed by atoms with van der Waals surface area (Å²) in [4.78, 5) is 0. The van der Waals surface area contributed by atoms with Crippen LogP contribution in [0.25, 0.3) is 0 Å². The normalized spacial score (nSPS) is 39.2. The minimum atomic E-state index is -0.862. The number of hydrogen-bond acceptors (Lipinski definition) is 2. The molecule has 1 aromatic carbocycles. The molecule has 1 aliphatic heterocycles. The number of hydrogen-bond donors (Lipinski definition) is 1. The fourth-order valence-corrected chi connectivity index (χ4v) is 3.30. The standard InChI is InChI=1S/C15H20O2/c1-11-8-9-15(13(10-11)17-15)14(2,16)12-6-4-3-5-7-12/h3-7,11,13,16H,8-10H2,1-2H3/t11-,13+,14-,15-/m1/s1. The monoisotopic (exact) mass is 232 g/mol. The van der Waals surface area contributed by atoms with Gasteiger partial charge in [0.25, 0.3) is 0 Å². The van der Waals surface area contributed by atoms with Crippen molar-refractivity contribution in [2.45, 2.75) is 50.4 Å². The molecule has 1 aromatic rings. The summed E-state index contributed by atoms with van der Waals surface area (Å²) in [5.41, 5.74) is -0.211. The molecule has 0 spiro atoms. The van der Waals surface area contributed by atoms with E-state index in [1.54, 1.807) is 0 Å². The Kier molecular flexibility index (Phi) is 2.36. The number of aliphatic hydroxyl groups is 1. The molecular formula is C15H20O2. The molecule has 17 heavy (non-hydrogen) atoms. The first-order chi connectivity index (χ1) is 8.06. The summed E-state index contributed by atoms with van der Waals surface area (Å²) in [6.45, 7) is 4.17. The molecule has 1 saturated carbocycles. The molecule has 1 N–H and O–H groups in total. The Morgan fingerprint density at radius 1 is 1.35 bits per heavy atom. The van der Waals surface area contributed by atoms with E-state index in [9.17, 15) is 5.11 Å². The third-order valence-corrected chi connectivity index (χ3v) is 4.60. The van der Waals surface area contributed by atoms with Crippen LogP contribution in [0.2, 0.25) is 0 Å². The van der Waals surface area contributed by atoms with Gasteiger partial charge in [0, 0.05) is 0 Å². The SMILES string of the molecule is C[C@@H]1CC[C@@]2([C@](C)(O)c3ccccc3)O[C@H]2C1. The van der Waals surface area contributed by atoms with Crippen LogP contribution in [0.4, 0.5) is 0 Å².